The van der Waals surface area contributed by atoms with Gasteiger partial charge in [-0.15, -0.1) is 0 Å². The highest BCUT2D eigenvalue weighted by molar-refractivity contribution is 5.99. The quantitative estimate of drug-likeness (QED) is 0.632. The molecule has 0 aliphatic heterocycles. The molecule has 1 aromatic carbocycles. The molecule has 0 bridgehead atoms. The molecule has 3 rings (SSSR count). The van der Waals surface area contributed by atoms with Gasteiger partial charge in [0.05, 0.1) is 6.10 Å². The number of aliphatic hydroxyl groups is 1. The van der Waals surface area contributed by atoms with Crippen molar-refractivity contribution in [3.63, 3.8) is 0 Å². The zero-order valence-electron chi connectivity index (χ0n) is 14.8. The Kier molecular flexibility index (Phi) is 5.27. The van der Waals surface area contributed by atoms with Gasteiger partial charge >= 0.3 is 0 Å². The Bertz CT molecular complexity index is 781. The van der Waals surface area contributed by atoms with Crippen LogP contribution in [0.15, 0.2) is 36.4 Å². The van der Waals surface area contributed by atoms with E-state index in [1.54, 1.807) is 0 Å². The summed E-state index contributed by atoms with van der Waals surface area (Å²) in [6.45, 7) is 1.88. The largest absolute Gasteiger partial charge is 0.484 e. The second-order valence-corrected chi connectivity index (χ2v) is 6.47. The highest BCUT2D eigenvalue weighted by Gasteiger charge is 2.30. The van der Waals surface area contributed by atoms with Crippen LogP contribution in [0.2, 0.25) is 0 Å². The average Bonchev–Trinajstić information content (AvgIpc) is 3.04. The van der Waals surface area contributed by atoms with E-state index in [0.717, 1.165) is 5.56 Å². The molecule has 2 amide bonds. The van der Waals surface area contributed by atoms with Crippen LogP contribution in [-0.4, -0.2) is 41.1 Å². The third kappa shape index (κ3) is 3.88. The highest BCUT2D eigenvalue weighted by Crippen LogP contribution is 2.27. The molecule has 1 heterocycles. The normalized spacial score (nSPS) is 20.0. The zero-order valence-corrected chi connectivity index (χ0v) is 14.8. The molecule has 7 nitrogen and oxygen atoms in total. The summed E-state index contributed by atoms with van der Waals surface area (Å²) in [5.74, 6) is -0.368. The van der Waals surface area contributed by atoms with Gasteiger partial charge in [0.25, 0.3) is 11.8 Å². The van der Waals surface area contributed by atoms with Crippen molar-refractivity contribution in [1.29, 1.82) is 0 Å². The molecular formula is C19H23N3O4. The summed E-state index contributed by atoms with van der Waals surface area (Å²) in [4.78, 5) is 27.4. The average molecular weight is 357 g/mol. The number of ether oxygens (including phenoxy) is 1. The Hall–Kier alpha value is -2.80. The van der Waals surface area contributed by atoms with Crippen LogP contribution in [0.4, 0.5) is 0 Å². The van der Waals surface area contributed by atoms with Gasteiger partial charge in [0.15, 0.2) is 5.75 Å². The first-order chi connectivity index (χ1) is 12.5. The van der Waals surface area contributed by atoms with E-state index >= 15 is 0 Å². The van der Waals surface area contributed by atoms with Gasteiger partial charge in [-0.2, -0.15) is 0 Å². The number of carbonyl (C=O) groups excluding carboxylic acids is 2. The van der Waals surface area contributed by atoms with E-state index in [1.165, 1.54) is 13.1 Å². The van der Waals surface area contributed by atoms with Gasteiger partial charge in [-0.25, -0.2) is 0 Å². The molecule has 2 aromatic rings. The predicted molar refractivity (Wildman–Crippen MR) is 96.2 cm³/mol. The minimum Gasteiger partial charge on any atom is -0.484 e. The van der Waals surface area contributed by atoms with Crippen LogP contribution in [0.1, 0.15) is 52.4 Å². The SMILES string of the molecule is CNC(=O)c1[nH]c(C(=O)NC2CC(O)C2)cc1O[C@H](C)c1ccccc1. The van der Waals surface area contributed by atoms with Crippen LogP contribution < -0.4 is 15.4 Å². The van der Waals surface area contributed by atoms with Gasteiger partial charge < -0.3 is 25.5 Å². The van der Waals surface area contributed by atoms with Crippen LogP contribution in [-0.2, 0) is 0 Å². The minimum atomic E-state index is -0.363. The van der Waals surface area contributed by atoms with Gasteiger partial charge in [0.1, 0.15) is 17.5 Å². The molecule has 1 aliphatic carbocycles. The van der Waals surface area contributed by atoms with E-state index in [2.05, 4.69) is 15.6 Å². The maximum Gasteiger partial charge on any atom is 0.271 e. The van der Waals surface area contributed by atoms with Crippen LogP contribution in [0.5, 0.6) is 5.75 Å². The van der Waals surface area contributed by atoms with E-state index in [1.807, 2.05) is 37.3 Å². The Morgan fingerprint density at radius 2 is 1.92 bits per heavy atom. The molecule has 138 valence electrons. The van der Waals surface area contributed by atoms with Crippen LogP contribution >= 0.6 is 0 Å². The second kappa shape index (κ2) is 7.61. The summed E-state index contributed by atoms with van der Waals surface area (Å²) in [7, 11) is 1.52. The summed E-state index contributed by atoms with van der Waals surface area (Å²) in [6.07, 6.45) is 0.454. The number of carbonyl (C=O) groups is 2. The lowest BCUT2D eigenvalue weighted by Crippen LogP contribution is -2.46. The Morgan fingerprint density at radius 3 is 2.54 bits per heavy atom. The van der Waals surface area contributed by atoms with Crippen molar-refractivity contribution in [3.05, 3.63) is 53.3 Å². The fourth-order valence-corrected chi connectivity index (χ4v) is 2.90. The molecule has 7 heteroatoms. The molecule has 0 radical (unpaired) electrons. The summed E-state index contributed by atoms with van der Waals surface area (Å²) in [6, 6.07) is 11.1. The van der Waals surface area contributed by atoms with Crippen LogP contribution in [0.25, 0.3) is 0 Å². The third-order valence-electron chi connectivity index (χ3n) is 4.50. The summed E-state index contributed by atoms with van der Waals surface area (Å²) < 4.78 is 5.94. The lowest BCUT2D eigenvalue weighted by atomic mass is 9.89. The van der Waals surface area contributed by atoms with Crippen molar-refractivity contribution in [2.75, 3.05) is 7.05 Å². The number of benzene rings is 1. The monoisotopic (exact) mass is 357 g/mol. The number of rotatable bonds is 6. The third-order valence-corrected chi connectivity index (χ3v) is 4.50. The van der Waals surface area contributed by atoms with Crippen molar-refractivity contribution in [2.24, 2.45) is 0 Å². The molecule has 1 aromatic heterocycles. The number of aromatic nitrogens is 1. The predicted octanol–water partition coefficient (Wildman–Crippen LogP) is 1.77. The van der Waals surface area contributed by atoms with Crippen molar-refractivity contribution in [3.8, 4) is 5.75 Å². The number of aliphatic hydroxyl groups excluding tert-OH is 1. The van der Waals surface area contributed by atoms with Crippen LogP contribution in [0.3, 0.4) is 0 Å². The van der Waals surface area contributed by atoms with Crippen molar-refractivity contribution < 1.29 is 19.4 Å². The van der Waals surface area contributed by atoms with Gasteiger partial charge in [0, 0.05) is 19.2 Å². The first-order valence-electron chi connectivity index (χ1n) is 8.63. The zero-order chi connectivity index (χ0) is 18.7. The maximum atomic E-state index is 12.4. The fourth-order valence-electron chi connectivity index (χ4n) is 2.90. The Balaban J connectivity index is 1.78. The molecule has 0 saturated heterocycles. The number of nitrogens with one attached hydrogen (secondary N) is 3. The smallest absolute Gasteiger partial charge is 0.271 e. The van der Waals surface area contributed by atoms with Gasteiger partial charge in [-0.3, -0.25) is 9.59 Å². The van der Waals surface area contributed by atoms with Crippen LogP contribution in [0, 0.1) is 0 Å². The fraction of sp³-hybridized carbons (Fsp3) is 0.368. The minimum absolute atomic E-state index is 0.0446. The highest BCUT2D eigenvalue weighted by atomic mass is 16.5. The first-order valence-corrected chi connectivity index (χ1v) is 8.63. The number of H-pyrrole nitrogens is 1. The van der Waals surface area contributed by atoms with E-state index in [4.69, 9.17) is 4.74 Å². The molecule has 0 unspecified atom stereocenters. The summed E-state index contributed by atoms with van der Waals surface area (Å²) >= 11 is 0. The topological polar surface area (TPSA) is 103 Å². The molecule has 4 N–H and O–H groups in total. The van der Waals surface area contributed by atoms with E-state index in [9.17, 15) is 14.7 Å². The molecule has 1 saturated carbocycles. The standard InChI is InChI=1S/C19H23N3O4/c1-11(12-6-4-3-5-7-12)26-16-10-15(22-17(16)19(25)20-2)18(24)21-13-8-14(23)9-13/h3-7,10-11,13-14,22-23H,8-9H2,1-2H3,(H,20,25)(H,21,24)/t11-,13?,14?/m1/s1. The molecule has 1 fully saturated rings. The number of hydrogen-bond acceptors (Lipinski definition) is 4. The number of hydrogen-bond donors (Lipinski definition) is 4. The van der Waals surface area contributed by atoms with Gasteiger partial charge in [-0.05, 0) is 25.3 Å². The molecule has 1 atom stereocenters. The Morgan fingerprint density at radius 1 is 1.23 bits per heavy atom. The molecular weight excluding hydrogens is 334 g/mol. The lowest BCUT2D eigenvalue weighted by Gasteiger charge is -2.31. The summed E-state index contributed by atoms with van der Waals surface area (Å²) in [5.41, 5.74) is 1.42. The van der Waals surface area contributed by atoms with E-state index in [-0.39, 0.29) is 41.5 Å². The van der Waals surface area contributed by atoms with Crippen molar-refractivity contribution in [2.45, 2.75) is 38.0 Å². The summed E-state index contributed by atoms with van der Waals surface area (Å²) in [5, 5.41) is 14.7. The maximum absolute atomic E-state index is 12.4. The van der Waals surface area contributed by atoms with E-state index < -0.39 is 0 Å². The Labute approximate surface area is 151 Å². The molecule has 26 heavy (non-hydrogen) atoms. The molecule has 1 aliphatic rings. The first kappa shape index (κ1) is 18.0. The van der Waals surface area contributed by atoms with Crippen molar-refractivity contribution in [1.82, 2.24) is 15.6 Å². The lowest BCUT2D eigenvalue weighted by molar-refractivity contribution is 0.0560. The van der Waals surface area contributed by atoms with Gasteiger partial charge in [0.2, 0.25) is 0 Å². The van der Waals surface area contributed by atoms with E-state index in [0.29, 0.717) is 18.6 Å². The van der Waals surface area contributed by atoms with Crippen molar-refractivity contribution >= 4 is 11.8 Å². The van der Waals surface area contributed by atoms with Gasteiger partial charge in [-0.1, -0.05) is 30.3 Å². The number of amides is 2. The second-order valence-electron chi connectivity index (χ2n) is 6.47. The number of aromatic amines is 1. The molecule has 0 spiro atoms.